The van der Waals surface area contributed by atoms with E-state index in [4.69, 9.17) is 11.6 Å². The largest absolute Gasteiger partial charge is 0.324 e. The van der Waals surface area contributed by atoms with Gasteiger partial charge in [-0.3, -0.25) is 4.79 Å². The number of halogens is 1. The van der Waals surface area contributed by atoms with E-state index >= 15 is 0 Å². The molecule has 0 saturated carbocycles. The summed E-state index contributed by atoms with van der Waals surface area (Å²) in [6.45, 7) is 1.83. The van der Waals surface area contributed by atoms with Gasteiger partial charge in [-0.15, -0.1) is 11.8 Å². The van der Waals surface area contributed by atoms with Crippen molar-refractivity contribution in [3.63, 3.8) is 0 Å². The molecule has 7 heteroatoms. The third-order valence-corrected chi connectivity index (χ3v) is 5.40. The van der Waals surface area contributed by atoms with E-state index in [9.17, 15) is 9.59 Å². The van der Waals surface area contributed by atoms with Gasteiger partial charge in [-0.1, -0.05) is 41.9 Å². The maximum absolute atomic E-state index is 12.4. The monoisotopic (exact) mass is 425 g/mol. The number of anilines is 3. The molecule has 1 unspecified atom stereocenters. The lowest BCUT2D eigenvalue weighted by Gasteiger charge is -2.13. The zero-order valence-electron chi connectivity index (χ0n) is 15.7. The molecule has 0 spiro atoms. The van der Waals surface area contributed by atoms with E-state index in [-0.39, 0.29) is 17.2 Å². The first-order valence-electron chi connectivity index (χ1n) is 8.96. The van der Waals surface area contributed by atoms with Crippen LogP contribution < -0.4 is 16.0 Å². The first-order chi connectivity index (χ1) is 14.0. The maximum Gasteiger partial charge on any atom is 0.323 e. The lowest BCUT2D eigenvalue weighted by molar-refractivity contribution is -0.115. The van der Waals surface area contributed by atoms with Crippen molar-refractivity contribution in [2.24, 2.45) is 0 Å². The van der Waals surface area contributed by atoms with Crippen LogP contribution in [0.25, 0.3) is 0 Å². The van der Waals surface area contributed by atoms with Gasteiger partial charge < -0.3 is 16.0 Å². The summed E-state index contributed by atoms with van der Waals surface area (Å²) in [6, 6.07) is 23.3. The minimum Gasteiger partial charge on any atom is -0.324 e. The van der Waals surface area contributed by atoms with Crippen LogP contribution in [0.3, 0.4) is 0 Å². The number of benzene rings is 3. The zero-order chi connectivity index (χ0) is 20.6. The molecule has 3 amide bonds. The lowest BCUT2D eigenvalue weighted by atomic mass is 10.3. The molecule has 0 bridgehead atoms. The Labute approximate surface area is 178 Å². The second-order valence-electron chi connectivity index (χ2n) is 6.20. The summed E-state index contributed by atoms with van der Waals surface area (Å²) in [5.74, 6) is -0.132. The van der Waals surface area contributed by atoms with Gasteiger partial charge in [0.2, 0.25) is 5.91 Å². The highest BCUT2D eigenvalue weighted by molar-refractivity contribution is 8.00. The minimum atomic E-state index is -0.316. The Morgan fingerprint density at radius 2 is 1.38 bits per heavy atom. The average Bonchev–Trinajstić information content (AvgIpc) is 2.72. The molecule has 3 aromatic rings. The summed E-state index contributed by atoms with van der Waals surface area (Å²) in [6.07, 6.45) is 0. The Morgan fingerprint density at radius 3 is 2.03 bits per heavy atom. The van der Waals surface area contributed by atoms with Crippen LogP contribution in [-0.4, -0.2) is 17.2 Å². The molecule has 0 aromatic heterocycles. The fourth-order valence-electron chi connectivity index (χ4n) is 2.49. The minimum absolute atomic E-state index is 0.132. The highest BCUT2D eigenvalue weighted by Crippen LogP contribution is 2.27. The number of para-hydroxylation sites is 2. The van der Waals surface area contributed by atoms with Crippen molar-refractivity contribution in [2.45, 2.75) is 17.1 Å². The van der Waals surface area contributed by atoms with Crippen LogP contribution in [0, 0.1) is 0 Å². The normalized spacial score (nSPS) is 11.4. The van der Waals surface area contributed by atoms with Crippen molar-refractivity contribution < 1.29 is 9.59 Å². The molecule has 0 radical (unpaired) electrons. The second-order valence-corrected chi connectivity index (χ2v) is 8.02. The Morgan fingerprint density at radius 1 is 0.793 bits per heavy atom. The molecule has 0 aliphatic carbocycles. The summed E-state index contributed by atoms with van der Waals surface area (Å²) < 4.78 is 0. The van der Waals surface area contributed by atoms with Crippen molar-refractivity contribution in [1.29, 1.82) is 0 Å². The Bertz CT molecular complexity index is 981. The number of nitrogens with one attached hydrogen (secondary N) is 3. The van der Waals surface area contributed by atoms with Gasteiger partial charge in [0.05, 0.1) is 16.0 Å². The molecule has 3 rings (SSSR count). The van der Waals surface area contributed by atoms with Gasteiger partial charge in [-0.05, 0) is 55.5 Å². The Balaban J connectivity index is 1.52. The van der Waals surface area contributed by atoms with E-state index in [0.717, 1.165) is 10.6 Å². The van der Waals surface area contributed by atoms with Gasteiger partial charge in [0, 0.05) is 16.3 Å². The van der Waals surface area contributed by atoms with Crippen molar-refractivity contribution in [2.75, 3.05) is 16.0 Å². The smallest absolute Gasteiger partial charge is 0.323 e. The fourth-order valence-corrected chi connectivity index (χ4v) is 3.54. The molecule has 0 aliphatic heterocycles. The standard InChI is InChI=1S/C22H20ClN3O2S/c1-15(21(27)26-20-10-6-5-9-19(20)23)29-18-13-11-17(12-14-18)25-22(28)24-16-7-3-2-4-8-16/h2-15H,1H3,(H,26,27)(H2,24,25,28). The molecule has 3 N–H and O–H groups in total. The average molecular weight is 426 g/mol. The van der Waals surface area contributed by atoms with Crippen LogP contribution in [0.1, 0.15) is 6.92 Å². The summed E-state index contributed by atoms with van der Waals surface area (Å²) in [4.78, 5) is 25.4. The number of rotatable bonds is 6. The summed E-state index contributed by atoms with van der Waals surface area (Å²) in [5, 5.41) is 8.56. The Hall–Kier alpha value is -2.96. The topological polar surface area (TPSA) is 70.2 Å². The number of carbonyl (C=O) groups excluding carboxylic acids is 2. The lowest BCUT2D eigenvalue weighted by Crippen LogP contribution is -2.22. The first-order valence-corrected chi connectivity index (χ1v) is 10.2. The molecule has 0 fully saturated rings. The predicted octanol–water partition coefficient (Wildman–Crippen LogP) is 6.10. The fraction of sp³-hybridized carbons (Fsp3) is 0.0909. The number of carbonyl (C=O) groups is 2. The number of hydrogen-bond donors (Lipinski definition) is 3. The number of amides is 3. The van der Waals surface area contributed by atoms with Crippen LogP contribution in [-0.2, 0) is 4.79 Å². The summed E-state index contributed by atoms with van der Waals surface area (Å²) in [5.41, 5.74) is 1.97. The molecule has 5 nitrogen and oxygen atoms in total. The molecule has 29 heavy (non-hydrogen) atoms. The number of hydrogen-bond acceptors (Lipinski definition) is 3. The number of urea groups is 1. The maximum atomic E-state index is 12.4. The van der Waals surface area contributed by atoms with Crippen LogP contribution in [0.2, 0.25) is 5.02 Å². The summed E-state index contributed by atoms with van der Waals surface area (Å²) >= 11 is 7.51. The molecular weight excluding hydrogens is 406 g/mol. The van der Waals surface area contributed by atoms with Gasteiger partial charge in [-0.25, -0.2) is 4.79 Å². The van der Waals surface area contributed by atoms with E-state index < -0.39 is 0 Å². The third kappa shape index (κ3) is 6.27. The molecule has 148 valence electrons. The molecule has 1 atom stereocenters. The molecule has 0 heterocycles. The van der Waals surface area contributed by atoms with Crippen molar-refractivity contribution in [3.05, 3.63) is 83.9 Å². The third-order valence-electron chi connectivity index (χ3n) is 3.96. The highest BCUT2D eigenvalue weighted by atomic mass is 35.5. The van der Waals surface area contributed by atoms with Gasteiger partial charge in [0.1, 0.15) is 0 Å². The van der Waals surface area contributed by atoms with Crippen LogP contribution in [0.15, 0.2) is 83.8 Å². The van der Waals surface area contributed by atoms with Gasteiger partial charge in [0.15, 0.2) is 0 Å². The van der Waals surface area contributed by atoms with Crippen LogP contribution in [0.4, 0.5) is 21.9 Å². The van der Waals surface area contributed by atoms with E-state index in [2.05, 4.69) is 16.0 Å². The van der Waals surface area contributed by atoms with Crippen molar-refractivity contribution in [1.82, 2.24) is 0 Å². The van der Waals surface area contributed by atoms with E-state index in [1.807, 2.05) is 61.5 Å². The van der Waals surface area contributed by atoms with E-state index in [0.29, 0.717) is 16.4 Å². The second kappa shape index (κ2) is 10.0. The quantitative estimate of drug-likeness (QED) is 0.417. The van der Waals surface area contributed by atoms with Gasteiger partial charge in [-0.2, -0.15) is 0 Å². The summed E-state index contributed by atoms with van der Waals surface area (Å²) in [7, 11) is 0. The SMILES string of the molecule is CC(Sc1ccc(NC(=O)Nc2ccccc2)cc1)C(=O)Nc1ccccc1Cl. The zero-order valence-corrected chi connectivity index (χ0v) is 17.3. The van der Waals surface area contributed by atoms with Gasteiger partial charge >= 0.3 is 6.03 Å². The molecule has 0 aliphatic rings. The predicted molar refractivity (Wildman–Crippen MR) is 121 cm³/mol. The van der Waals surface area contributed by atoms with Gasteiger partial charge in [0.25, 0.3) is 0 Å². The van der Waals surface area contributed by atoms with Crippen LogP contribution >= 0.6 is 23.4 Å². The molecule has 0 saturated heterocycles. The number of thioether (sulfide) groups is 1. The first kappa shape index (κ1) is 20.8. The van der Waals surface area contributed by atoms with E-state index in [1.165, 1.54) is 11.8 Å². The highest BCUT2D eigenvalue weighted by Gasteiger charge is 2.15. The molecular formula is C22H20ClN3O2S. The molecule has 3 aromatic carbocycles. The van der Waals surface area contributed by atoms with Crippen LogP contribution in [0.5, 0.6) is 0 Å². The van der Waals surface area contributed by atoms with E-state index in [1.54, 1.807) is 24.3 Å². The van der Waals surface area contributed by atoms with Crippen molar-refractivity contribution in [3.8, 4) is 0 Å². The van der Waals surface area contributed by atoms with Crippen molar-refractivity contribution >= 4 is 52.4 Å². The Kier molecular flexibility index (Phi) is 7.16.